The summed E-state index contributed by atoms with van der Waals surface area (Å²) in [5.41, 5.74) is 1.06. The summed E-state index contributed by atoms with van der Waals surface area (Å²) in [5, 5.41) is 17.3. The topological polar surface area (TPSA) is 70.6 Å². The number of aliphatic hydroxyl groups excluding tert-OH is 1. The van der Waals surface area contributed by atoms with Gasteiger partial charge in [0, 0.05) is 11.4 Å². The van der Waals surface area contributed by atoms with Gasteiger partial charge < -0.3 is 20.5 Å². The number of carbonyl (C=O) groups excluding carboxylic acids is 1. The molecule has 0 bridgehead atoms. The number of ether oxygens (including phenoxy) is 1. The van der Waals surface area contributed by atoms with Crippen molar-refractivity contribution in [2.24, 2.45) is 0 Å². The van der Waals surface area contributed by atoms with Crippen LogP contribution in [0.25, 0.3) is 0 Å². The Kier molecular flexibility index (Phi) is 6.90. The highest BCUT2D eigenvalue weighted by Gasteiger charge is 2.10. The monoisotopic (exact) mass is 334 g/mol. The second kappa shape index (κ2) is 9.17. The Morgan fingerprint density at radius 1 is 1.26 bits per heavy atom. The molecule has 0 unspecified atom stereocenters. The van der Waals surface area contributed by atoms with Crippen LogP contribution in [-0.2, 0) is 6.42 Å². The molecular formula is C17H22N2O3S. The molecule has 0 aliphatic carbocycles. The van der Waals surface area contributed by atoms with Crippen molar-refractivity contribution in [2.45, 2.75) is 19.4 Å². The molecule has 2 rings (SSSR count). The maximum atomic E-state index is 11.8. The van der Waals surface area contributed by atoms with Gasteiger partial charge >= 0.3 is 6.03 Å². The Hall–Kier alpha value is -2.05. The van der Waals surface area contributed by atoms with Gasteiger partial charge in [-0.2, -0.15) is 0 Å². The molecule has 5 nitrogen and oxygen atoms in total. The SMILES string of the molecule is CCOc1ccccc1CCNC(=O)NC[C@H](O)c1cccs1. The zero-order valence-corrected chi connectivity index (χ0v) is 13.9. The molecule has 6 heteroatoms. The van der Waals surface area contributed by atoms with Crippen molar-refractivity contribution in [3.63, 3.8) is 0 Å². The lowest BCUT2D eigenvalue weighted by molar-refractivity contribution is 0.176. The minimum atomic E-state index is -0.667. The third kappa shape index (κ3) is 5.58. The van der Waals surface area contributed by atoms with E-state index in [1.54, 1.807) is 0 Å². The van der Waals surface area contributed by atoms with Crippen LogP contribution in [0, 0.1) is 0 Å². The van der Waals surface area contributed by atoms with Crippen molar-refractivity contribution in [1.82, 2.24) is 10.6 Å². The molecule has 3 N–H and O–H groups in total. The number of amides is 2. The van der Waals surface area contributed by atoms with Crippen LogP contribution in [0.1, 0.15) is 23.5 Å². The molecule has 124 valence electrons. The summed E-state index contributed by atoms with van der Waals surface area (Å²) in [5.74, 6) is 0.852. The molecular weight excluding hydrogens is 312 g/mol. The van der Waals surface area contributed by atoms with Crippen molar-refractivity contribution in [3.05, 3.63) is 52.2 Å². The van der Waals surface area contributed by atoms with Crippen LogP contribution < -0.4 is 15.4 Å². The fraction of sp³-hybridized carbons (Fsp3) is 0.353. The van der Waals surface area contributed by atoms with Gasteiger partial charge in [0.05, 0.1) is 13.2 Å². The molecule has 0 radical (unpaired) electrons. The van der Waals surface area contributed by atoms with E-state index in [4.69, 9.17) is 4.74 Å². The van der Waals surface area contributed by atoms with Crippen LogP contribution in [0.5, 0.6) is 5.75 Å². The molecule has 0 saturated carbocycles. The highest BCUT2D eigenvalue weighted by atomic mass is 32.1. The standard InChI is InChI=1S/C17H22N2O3S/c1-2-22-15-7-4-3-6-13(15)9-10-18-17(21)19-12-14(20)16-8-5-11-23-16/h3-8,11,14,20H,2,9-10,12H2,1H3,(H2,18,19,21)/t14-/m0/s1. The number of nitrogens with one attached hydrogen (secondary N) is 2. The first-order valence-electron chi connectivity index (χ1n) is 7.64. The minimum Gasteiger partial charge on any atom is -0.494 e. The van der Waals surface area contributed by atoms with Crippen LogP contribution in [0.4, 0.5) is 4.79 Å². The number of urea groups is 1. The number of hydrogen-bond donors (Lipinski definition) is 3. The molecule has 0 aliphatic rings. The van der Waals surface area contributed by atoms with Gasteiger partial charge in [0.2, 0.25) is 0 Å². The van der Waals surface area contributed by atoms with E-state index in [1.165, 1.54) is 11.3 Å². The molecule has 0 fully saturated rings. The number of benzene rings is 1. The lowest BCUT2D eigenvalue weighted by Crippen LogP contribution is -2.38. The lowest BCUT2D eigenvalue weighted by atomic mass is 10.1. The maximum absolute atomic E-state index is 11.8. The van der Waals surface area contributed by atoms with Gasteiger partial charge in [-0.1, -0.05) is 24.3 Å². The van der Waals surface area contributed by atoms with Crippen molar-refractivity contribution in [3.8, 4) is 5.75 Å². The molecule has 1 aromatic carbocycles. The average molecular weight is 334 g/mol. The van der Waals surface area contributed by atoms with Crippen molar-refractivity contribution >= 4 is 17.4 Å². The van der Waals surface area contributed by atoms with Crippen LogP contribution >= 0.6 is 11.3 Å². The second-order valence-electron chi connectivity index (χ2n) is 4.96. The molecule has 0 saturated heterocycles. The summed E-state index contributed by atoms with van der Waals surface area (Å²) in [7, 11) is 0. The van der Waals surface area contributed by atoms with E-state index in [0.29, 0.717) is 19.6 Å². The molecule has 0 spiro atoms. The van der Waals surface area contributed by atoms with Crippen LogP contribution in [-0.4, -0.2) is 30.8 Å². The van der Waals surface area contributed by atoms with E-state index in [2.05, 4.69) is 10.6 Å². The van der Waals surface area contributed by atoms with Crippen molar-refractivity contribution in [2.75, 3.05) is 19.7 Å². The van der Waals surface area contributed by atoms with Gasteiger partial charge in [0.25, 0.3) is 0 Å². The summed E-state index contributed by atoms with van der Waals surface area (Å²) in [6.07, 6.45) is 0.0243. The number of para-hydroxylation sites is 1. The first-order valence-corrected chi connectivity index (χ1v) is 8.52. The summed E-state index contributed by atoms with van der Waals surface area (Å²) in [6.45, 7) is 3.26. The Morgan fingerprint density at radius 2 is 2.09 bits per heavy atom. The number of thiophene rings is 1. The number of aliphatic hydroxyl groups is 1. The summed E-state index contributed by atoms with van der Waals surface area (Å²) < 4.78 is 5.55. The molecule has 23 heavy (non-hydrogen) atoms. The fourth-order valence-corrected chi connectivity index (χ4v) is 2.86. The van der Waals surface area contributed by atoms with Crippen molar-refractivity contribution < 1.29 is 14.6 Å². The Bertz CT molecular complexity index is 602. The van der Waals surface area contributed by atoms with Gasteiger partial charge in [-0.25, -0.2) is 4.79 Å². The maximum Gasteiger partial charge on any atom is 0.314 e. The van der Waals surface area contributed by atoms with Crippen LogP contribution in [0.15, 0.2) is 41.8 Å². The molecule has 1 aromatic heterocycles. The molecule has 2 aromatic rings. The van der Waals surface area contributed by atoms with Gasteiger partial charge in [0.1, 0.15) is 11.9 Å². The van der Waals surface area contributed by atoms with Crippen LogP contribution in [0.3, 0.4) is 0 Å². The summed E-state index contributed by atoms with van der Waals surface area (Å²) in [6, 6.07) is 11.2. The highest BCUT2D eigenvalue weighted by Crippen LogP contribution is 2.18. The third-order valence-electron chi connectivity index (χ3n) is 3.28. The Labute approximate surface area is 140 Å². The number of hydrogen-bond acceptors (Lipinski definition) is 4. The summed E-state index contributed by atoms with van der Waals surface area (Å²) >= 11 is 1.47. The van der Waals surface area contributed by atoms with E-state index in [0.717, 1.165) is 16.2 Å². The minimum absolute atomic E-state index is 0.196. The molecule has 2 amide bonds. The van der Waals surface area contributed by atoms with E-state index in [9.17, 15) is 9.90 Å². The van der Waals surface area contributed by atoms with E-state index in [1.807, 2.05) is 48.7 Å². The Morgan fingerprint density at radius 3 is 2.83 bits per heavy atom. The summed E-state index contributed by atoms with van der Waals surface area (Å²) in [4.78, 5) is 12.6. The first kappa shape index (κ1) is 17.3. The third-order valence-corrected chi connectivity index (χ3v) is 4.25. The highest BCUT2D eigenvalue weighted by molar-refractivity contribution is 7.10. The van der Waals surface area contributed by atoms with Gasteiger partial charge in [-0.3, -0.25) is 0 Å². The van der Waals surface area contributed by atoms with Crippen molar-refractivity contribution in [1.29, 1.82) is 0 Å². The Balaban J connectivity index is 1.71. The number of carbonyl (C=O) groups is 1. The van der Waals surface area contributed by atoms with Gasteiger partial charge in [0.15, 0.2) is 0 Å². The number of rotatable bonds is 8. The molecule has 1 heterocycles. The zero-order chi connectivity index (χ0) is 16.5. The normalized spacial score (nSPS) is 11.7. The van der Waals surface area contributed by atoms with E-state index < -0.39 is 6.10 Å². The first-order chi connectivity index (χ1) is 11.2. The zero-order valence-electron chi connectivity index (χ0n) is 13.1. The predicted molar refractivity (Wildman–Crippen MR) is 92.0 cm³/mol. The second-order valence-corrected chi connectivity index (χ2v) is 5.94. The van der Waals surface area contributed by atoms with E-state index in [-0.39, 0.29) is 12.6 Å². The molecule has 0 aliphatic heterocycles. The van der Waals surface area contributed by atoms with Gasteiger partial charge in [-0.15, -0.1) is 11.3 Å². The van der Waals surface area contributed by atoms with Gasteiger partial charge in [-0.05, 0) is 36.4 Å². The average Bonchev–Trinajstić information content (AvgIpc) is 3.09. The van der Waals surface area contributed by atoms with Crippen LogP contribution in [0.2, 0.25) is 0 Å². The molecule has 1 atom stereocenters. The largest absolute Gasteiger partial charge is 0.494 e. The lowest BCUT2D eigenvalue weighted by Gasteiger charge is -2.12. The smallest absolute Gasteiger partial charge is 0.314 e. The quantitative estimate of drug-likeness (QED) is 0.695. The predicted octanol–water partition coefficient (Wildman–Crippen LogP) is 2.72. The fourth-order valence-electron chi connectivity index (χ4n) is 2.15. The van der Waals surface area contributed by atoms with E-state index >= 15 is 0 Å².